The Balaban J connectivity index is 1.76. The van der Waals surface area contributed by atoms with Crippen LogP contribution in [0.5, 0.6) is 5.75 Å². The van der Waals surface area contributed by atoms with E-state index in [2.05, 4.69) is 10.6 Å². The number of aromatic hydroxyl groups is 1. The lowest BCUT2D eigenvalue weighted by Gasteiger charge is -2.23. The van der Waals surface area contributed by atoms with Crippen LogP contribution in [0.25, 0.3) is 0 Å². The number of nitrogens with one attached hydrogen (secondary N) is 2. The van der Waals surface area contributed by atoms with Gasteiger partial charge in [0, 0.05) is 25.2 Å². The van der Waals surface area contributed by atoms with Gasteiger partial charge in [-0.1, -0.05) is 18.2 Å². The first-order valence-corrected chi connectivity index (χ1v) is 6.11. The number of carbonyl (C=O) groups excluding carboxylic acids is 1. The number of hydrogen-bond donors (Lipinski definition) is 3. The molecule has 3 N–H and O–H groups in total. The van der Waals surface area contributed by atoms with Crippen LogP contribution in [0.4, 0.5) is 0 Å². The maximum absolute atomic E-state index is 11.7. The van der Waals surface area contributed by atoms with Crippen LogP contribution in [0, 0.1) is 0 Å². The third-order valence-corrected chi connectivity index (χ3v) is 2.89. The first kappa shape index (κ1) is 12.9. The van der Waals surface area contributed by atoms with Crippen LogP contribution in [0.1, 0.15) is 12.0 Å². The molecule has 1 aliphatic heterocycles. The molecule has 0 spiro atoms. The lowest BCUT2D eigenvalue weighted by atomic mass is 10.2. The van der Waals surface area contributed by atoms with Crippen molar-refractivity contribution in [3.8, 4) is 5.75 Å². The molecule has 1 heterocycles. The maximum atomic E-state index is 11.7. The fraction of sp³-hybridized carbons (Fsp3) is 0.462. The van der Waals surface area contributed by atoms with Crippen LogP contribution < -0.4 is 10.6 Å². The van der Waals surface area contributed by atoms with Gasteiger partial charge in [-0.05, 0) is 6.07 Å². The summed E-state index contributed by atoms with van der Waals surface area (Å²) in [6.45, 7) is 2.54. The number of ether oxygens (including phenoxy) is 1. The molecule has 5 nitrogen and oxygen atoms in total. The van der Waals surface area contributed by atoms with E-state index in [4.69, 9.17) is 4.74 Å². The molecule has 2 rings (SSSR count). The van der Waals surface area contributed by atoms with Gasteiger partial charge in [0.15, 0.2) is 0 Å². The molecule has 1 aliphatic rings. The molecule has 1 amide bonds. The minimum Gasteiger partial charge on any atom is -0.508 e. The van der Waals surface area contributed by atoms with Crippen molar-refractivity contribution in [3.63, 3.8) is 0 Å². The number of amides is 1. The van der Waals surface area contributed by atoms with Crippen molar-refractivity contribution in [2.24, 2.45) is 0 Å². The van der Waals surface area contributed by atoms with Gasteiger partial charge >= 0.3 is 0 Å². The molecule has 0 aromatic heterocycles. The number of phenolic OH excluding ortho intramolecular Hbond substituents is 1. The summed E-state index contributed by atoms with van der Waals surface area (Å²) in [6.07, 6.45) is 0.295. The number of benzene rings is 1. The third kappa shape index (κ3) is 3.72. The molecular formula is C13H18N2O3. The van der Waals surface area contributed by atoms with Crippen molar-refractivity contribution in [1.29, 1.82) is 0 Å². The van der Waals surface area contributed by atoms with Gasteiger partial charge in [-0.3, -0.25) is 4.79 Å². The van der Waals surface area contributed by atoms with Crippen molar-refractivity contribution in [3.05, 3.63) is 29.8 Å². The Labute approximate surface area is 106 Å². The molecule has 18 heavy (non-hydrogen) atoms. The van der Waals surface area contributed by atoms with E-state index >= 15 is 0 Å². The molecule has 0 radical (unpaired) electrons. The fourth-order valence-corrected chi connectivity index (χ4v) is 1.88. The van der Waals surface area contributed by atoms with Gasteiger partial charge in [0.05, 0.1) is 19.1 Å². The molecule has 0 aliphatic carbocycles. The molecule has 1 aromatic rings. The average Bonchev–Trinajstić information content (AvgIpc) is 2.39. The van der Waals surface area contributed by atoms with E-state index < -0.39 is 0 Å². The minimum absolute atomic E-state index is 0.0527. The second-order valence-electron chi connectivity index (χ2n) is 4.31. The van der Waals surface area contributed by atoms with Gasteiger partial charge in [0.1, 0.15) is 5.75 Å². The van der Waals surface area contributed by atoms with Crippen LogP contribution in [0.3, 0.4) is 0 Å². The van der Waals surface area contributed by atoms with Gasteiger partial charge < -0.3 is 20.5 Å². The van der Waals surface area contributed by atoms with Crippen molar-refractivity contribution in [1.82, 2.24) is 10.6 Å². The summed E-state index contributed by atoms with van der Waals surface area (Å²) in [6, 6.07) is 6.97. The fourth-order valence-electron chi connectivity index (χ4n) is 1.88. The zero-order valence-corrected chi connectivity index (χ0v) is 10.2. The van der Waals surface area contributed by atoms with Crippen LogP contribution in [-0.2, 0) is 16.1 Å². The van der Waals surface area contributed by atoms with Crippen molar-refractivity contribution >= 4 is 5.91 Å². The first-order valence-electron chi connectivity index (χ1n) is 6.11. The van der Waals surface area contributed by atoms with E-state index in [0.717, 1.165) is 6.54 Å². The molecule has 1 atom stereocenters. The predicted molar refractivity (Wildman–Crippen MR) is 67.2 cm³/mol. The number of carbonyl (C=O) groups is 1. The monoisotopic (exact) mass is 250 g/mol. The number of morpholine rings is 1. The topological polar surface area (TPSA) is 70.6 Å². The molecule has 1 unspecified atom stereocenters. The lowest BCUT2D eigenvalue weighted by molar-refractivity contribution is -0.124. The Kier molecular flexibility index (Phi) is 4.55. The highest BCUT2D eigenvalue weighted by atomic mass is 16.5. The standard InChI is InChI=1S/C13H18N2O3/c16-12-4-2-1-3-10(12)8-15-13(17)7-11-9-14-5-6-18-11/h1-4,11,14,16H,5-9H2,(H,15,17). The highest BCUT2D eigenvalue weighted by Crippen LogP contribution is 2.14. The smallest absolute Gasteiger partial charge is 0.222 e. The molecule has 98 valence electrons. The zero-order chi connectivity index (χ0) is 12.8. The summed E-state index contributed by atoms with van der Waals surface area (Å²) >= 11 is 0. The van der Waals surface area contributed by atoms with Gasteiger partial charge in [-0.2, -0.15) is 0 Å². The number of rotatable bonds is 4. The quantitative estimate of drug-likeness (QED) is 0.723. The largest absolute Gasteiger partial charge is 0.508 e. The summed E-state index contributed by atoms with van der Waals surface area (Å²) < 4.78 is 5.45. The van der Waals surface area contributed by atoms with E-state index in [-0.39, 0.29) is 17.8 Å². The van der Waals surface area contributed by atoms with E-state index in [0.29, 0.717) is 31.7 Å². The Hall–Kier alpha value is -1.59. The van der Waals surface area contributed by atoms with E-state index in [1.807, 2.05) is 6.07 Å². The molecule has 0 bridgehead atoms. The molecule has 1 aromatic carbocycles. The Bertz CT molecular complexity index is 403. The van der Waals surface area contributed by atoms with Crippen molar-refractivity contribution in [2.75, 3.05) is 19.7 Å². The van der Waals surface area contributed by atoms with E-state index in [1.54, 1.807) is 18.2 Å². The summed E-state index contributed by atoms with van der Waals surface area (Å²) in [5.74, 6) is 0.139. The van der Waals surface area contributed by atoms with Gasteiger partial charge in [0.25, 0.3) is 0 Å². The van der Waals surface area contributed by atoms with E-state index in [1.165, 1.54) is 0 Å². The molecular weight excluding hydrogens is 232 g/mol. The van der Waals surface area contributed by atoms with Crippen LogP contribution in [-0.4, -0.2) is 36.8 Å². The lowest BCUT2D eigenvalue weighted by Crippen LogP contribution is -2.41. The Morgan fingerprint density at radius 2 is 2.33 bits per heavy atom. The molecule has 1 fully saturated rings. The van der Waals surface area contributed by atoms with Crippen molar-refractivity contribution in [2.45, 2.75) is 19.1 Å². The molecule has 1 saturated heterocycles. The van der Waals surface area contributed by atoms with Gasteiger partial charge in [0.2, 0.25) is 5.91 Å². The summed E-state index contributed by atoms with van der Waals surface area (Å²) in [5.41, 5.74) is 0.716. The summed E-state index contributed by atoms with van der Waals surface area (Å²) in [4.78, 5) is 11.7. The van der Waals surface area contributed by atoms with Crippen LogP contribution in [0.15, 0.2) is 24.3 Å². The zero-order valence-electron chi connectivity index (χ0n) is 10.2. The van der Waals surface area contributed by atoms with Crippen molar-refractivity contribution < 1.29 is 14.6 Å². The van der Waals surface area contributed by atoms with Gasteiger partial charge in [-0.15, -0.1) is 0 Å². The minimum atomic E-state index is -0.0630. The SMILES string of the molecule is O=C(CC1CNCCO1)NCc1ccccc1O. The highest BCUT2D eigenvalue weighted by molar-refractivity contribution is 5.76. The summed E-state index contributed by atoms with van der Waals surface area (Å²) in [7, 11) is 0. The number of para-hydroxylation sites is 1. The maximum Gasteiger partial charge on any atom is 0.222 e. The second-order valence-corrected chi connectivity index (χ2v) is 4.31. The average molecular weight is 250 g/mol. The summed E-state index contributed by atoms with van der Waals surface area (Å²) in [5, 5.41) is 15.5. The Morgan fingerprint density at radius 1 is 1.50 bits per heavy atom. The van der Waals surface area contributed by atoms with Crippen LogP contribution >= 0.6 is 0 Å². The second kappa shape index (κ2) is 6.37. The van der Waals surface area contributed by atoms with Gasteiger partial charge in [-0.25, -0.2) is 0 Å². The molecule has 5 heteroatoms. The van der Waals surface area contributed by atoms with E-state index in [9.17, 15) is 9.90 Å². The first-order chi connectivity index (χ1) is 8.75. The number of hydrogen-bond acceptors (Lipinski definition) is 4. The highest BCUT2D eigenvalue weighted by Gasteiger charge is 2.17. The number of phenols is 1. The molecule has 0 saturated carbocycles. The predicted octanol–water partition coefficient (Wildman–Crippen LogP) is 0.387. The van der Waals surface area contributed by atoms with Crippen LogP contribution in [0.2, 0.25) is 0 Å². The third-order valence-electron chi connectivity index (χ3n) is 2.89. The Morgan fingerprint density at radius 3 is 3.06 bits per heavy atom. The normalized spacial score (nSPS) is 19.4.